The SMILES string of the molecule is CCc1cnc(CCNC(=NC)NCc2ncc(C)s2)s1. The van der Waals surface area contributed by atoms with Gasteiger partial charge in [-0.05, 0) is 13.3 Å². The lowest BCUT2D eigenvalue weighted by molar-refractivity contribution is 0.789. The molecule has 7 heteroatoms. The maximum Gasteiger partial charge on any atom is 0.191 e. The molecule has 0 amide bonds. The van der Waals surface area contributed by atoms with Crippen LogP contribution in [0.25, 0.3) is 0 Å². The minimum atomic E-state index is 0.704. The highest BCUT2D eigenvalue weighted by molar-refractivity contribution is 7.11. The van der Waals surface area contributed by atoms with E-state index in [1.165, 1.54) is 14.8 Å². The zero-order valence-electron chi connectivity index (χ0n) is 12.6. The Kier molecular flexibility index (Phi) is 6.13. The van der Waals surface area contributed by atoms with Crippen molar-refractivity contribution in [2.75, 3.05) is 13.6 Å². The number of thiazole rings is 2. The van der Waals surface area contributed by atoms with Crippen LogP contribution in [0.4, 0.5) is 0 Å². The molecule has 2 rings (SSSR count). The van der Waals surface area contributed by atoms with Gasteiger partial charge in [0.1, 0.15) is 5.01 Å². The molecule has 0 aliphatic heterocycles. The van der Waals surface area contributed by atoms with E-state index in [0.29, 0.717) is 6.54 Å². The van der Waals surface area contributed by atoms with Crippen LogP contribution >= 0.6 is 22.7 Å². The van der Waals surface area contributed by atoms with Gasteiger partial charge in [-0.25, -0.2) is 9.97 Å². The van der Waals surface area contributed by atoms with Crippen molar-refractivity contribution < 1.29 is 0 Å². The van der Waals surface area contributed by atoms with E-state index < -0.39 is 0 Å². The van der Waals surface area contributed by atoms with Crippen LogP contribution in [-0.4, -0.2) is 29.5 Å². The first-order valence-corrected chi connectivity index (χ1v) is 8.64. The molecule has 5 nitrogen and oxygen atoms in total. The van der Waals surface area contributed by atoms with Gasteiger partial charge in [0, 0.05) is 42.2 Å². The summed E-state index contributed by atoms with van der Waals surface area (Å²) in [7, 11) is 1.78. The number of rotatable bonds is 6. The molecule has 0 saturated heterocycles. The fraction of sp³-hybridized carbons (Fsp3) is 0.500. The average molecular weight is 323 g/mol. The molecule has 0 radical (unpaired) electrons. The van der Waals surface area contributed by atoms with Crippen molar-refractivity contribution in [1.82, 2.24) is 20.6 Å². The van der Waals surface area contributed by atoms with Gasteiger partial charge in [0.05, 0.1) is 11.6 Å². The summed E-state index contributed by atoms with van der Waals surface area (Å²) in [6.07, 6.45) is 5.84. The van der Waals surface area contributed by atoms with Crippen LogP contribution in [-0.2, 0) is 19.4 Å². The lowest BCUT2D eigenvalue weighted by Gasteiger charge is -2.09. The number of hydrogen-bond donors (Lipinski definition) is 2. The van der Waals surface area contributed by atoms with Gasteiger partial charge in [0.25, 0.3) is 0 Å². The van der Waals surface area contributed by atoms with E-state index in [9.17, 15) is 0 Å². The lowest BCUT2D eigenvalue weighted by Crippen LogP contribution is -2.37. The van der Waals surface area contributed by atoms with Crippen LogP contribution in [0.3, 0.4) is 0 Å². The Bertz CT molecular complexity index is 588. The Morgan fingerprint density at radius 1 is 1.19 bits per heavy atom. The Morgan fingerprint density at radius 3 is 2.62 bits per heavy atom. The van der Waals surface area contributed by atoms with Crippen LogP contribution < -0.4 is 10.6 Å². The van der Waals surface area contributed by atoms with Gasteiger partial charge in [-0.3, -0.25) is 4.99 Å². The van der Waals surface area contributed by atoms with Crippen molar-refractivity contribution in [3.8, 4) is 0 Å². The number of aryl methyl sites for hydroxylation is 2. The third kappa shape index (κ3) is 5.09. The second-order valence-electron chi connectivity index (χ2n) is 4.54. The highest BCUT2D eigenvalue weighted by Gasteiger charge is 2.03. The quantitative estimate of drug-likeness (QED) is 0.633. The van der Waals surface area contributed by atoms with Gasteiger partial charge in [-0.1, -0.05) is 6.92 Å². The smallest absolute Gasteiger partial charge is 0.191 e. The number of aliphatic imine (C=N–C) groups is 1. The summed E-state index contributed by atoms with van der Waals surface area (Å²) >= 11 is 3.49. The molecule has 0 aliphatic rings. The fourth-order valence-corrected chi connectivity index (χ4v) is 3.37. The predicted molar refractivity (Wildman–Crippen MR) is 90.2 cm³/mol. The molecule has 2 aromatic rings. The molecule has 114 valence electrons. The van der Waals surface area contributed by atoms with Gasteiger partial charge < -0.3 is 10.6 Å². The standard InChI is InChI=1S/C14H21N5S2/c1-4-11-8-18-12(21-11)5-6-16-14(15-3)19-9-13-17-7-10(2)20-13/h7-8H,4-6,9H2,1-3H3,(H2,15,16,19). The molecule has 0 fully saturated rings. The molecule has 2 heterocycles. The molecule has 2 N–H and O–H groups in total. The summed E-state index contributed by atoms with van der Waals surface area (Å²) < 4.78 is 0. The number of guanidine groups is 1. The minimum Gasteiger partial charge on any atom is -0.356 e. The monoisotopic (exact) mass is 323 g/mol. The maximum absolute atomic E-state index is 4.42. The second-order valence-corrected chi connectivity index (χ2v) is 7.06. The molecule has 0 spiro atoms. The Morgan fingerprint density at radius 2 is 2.00 bits per heavy atom. The van der Waals surface area contributed by atoms with Crippen molar-refractivity contribution in [3.63, 3.8) is 0 Å². The first-order chi connectivity index (χ1) is 10.2. The zero-order chi connectivity index (χ0) is 15.1. The molecule has 0 bridgehead atoms. The molecule has 0 aromatic carbocycles. The van der Waals surface area contributed by atoms with Crippen molar-refractivity contribution in [2.45, 2.75) is 33.2 Å². The van der Waals surface area contributed by atoms with Crippen LogP contribution in [0, 0.1) is 6.92 Å². The van der Waals surface area contributed by atoms with E-state index in [4.69, 9.17) is 0 Å². The van der Waals surface area contributed by atoms with Crippen molar-refractivity contribution in [3.05, 3.63) is 32.2 Å². The lowest BCUT2D eigenvalue weighted by atomic mass is 10.4. The molecule has 0 aliphatic carbocycles. The minimum absolute atomic E-state index is 0.704. The third-order valence-corrected chi connectivity index (χ3v) is 5.00. The van der Waals surface area contributed by atoms with Crippen LogP contribution in [0.1, 0.15) is 26.7 Å². The van der Waals surface area contributed by atoms with Crippen molar-refractivity contribution in [2.24, 2.45) is 4.99 Å². The van der Waals surface area contributed by atoms with Crippen LogP contribution in [0.5, 0.6) is 0 Å². The summed E-state index contributed by atoms with van der Waals surface area (Å²) in [5, 5.41) is 8.82. The van der Waals surface area contributed by atoms with E-state index >= 15 is 0 Å². The Balaban J connectivity index is 1.72. The van der Waals surface area contributed by atoms with Gasteiger partial charge >= 0.3 is 0 Å². The topological polar surface area (TPSA) is 62.2 Å². The Hall–Kier alpha value is -1.47. The first-order valence-electron chi connectivity index (χ1n) is 7.00. The largest absolute Gasteiger partial charge is 0.356 e. The molecule has 0 unspecified atom stereocenters. The highest BCUT2D eigenvalue weighted by Crippen LogP contribution is 2.13. The van der Waals surface area contributed by atoms with E-state index in [1.807, 2.05) is 12.4 Å². The normalized spacial score (nSPS) is 11.7. The van der Waals surface area contributed by atoms with Gasteiger partial charge in [-0.15, -0.1) is 22.7 Å². The number of nitrogens with one attached hydrogen (secondary N) is 2. The van der Waals surface area contributed by atoms with E-state index in [1.54, 1.807) is 29.7 Å². The fourth-order valence-electron chi connectivity index (χ4n) is 1.78. The average Bonchev–Trinajstić information content (AvgIpc) is 3.11. The summed E-state index contributed by atoms with van der Waals surface area (Å²) in [4.78, 5) is 15.5. The van der Waals surface area contributed by atoms with E-state index in [-0.39, 0.29) is 0 Å². The maximum atomic E-state index is 4.42. The van der Waals surface area contributed by atoms with Gasteiger partial charge in [0.2, 0.25) is 0 Å². The molecule has 0 saturated carbocycles. The number of aromatic nitrogens is 2. The third-order valence-electron chi connectivity index (χ3n) is 2.88. The predicted octanol–water partition coefficient (Wildman–Crippen LogP) is 2.38. The summed E-state index contributed by atoms with van der Waals surface area (Å²) in [6.45, 7) is 5.75. The molecular formula is C14H21N5S2. The molecule has 0 atom stereocenters. The van der Waals surface area contributed by atoms with Crippen molar-refractivity contribution >= 4 is 28.6 Å². The van der Waals surface area contributed by atoms with Crippen molar-refractivity contribution in [1.29, 1.82) is 0 Å². The summed E-state index contributed by atoms with van der Waals surface area (Å²) in [5.41, 5.74) is 0. The summed E-state index contributed by atoms with van der Waals surface area (Å²) in [6, 6.07) is 0. The van der Waals surface area contributed by atoms with E-state index in [0.717, 1.165) is 30.4 Å². The van der Waals surface area contributed by atoms with Crippen LogP contribution in [0.2, 0.25) is 0 Å². The second kappa shape index (κ2) is 8.09. The molecular weight excluding hydrogens is 302 g/mol. The van der Waals surface area contributed by atoms with E-state index in [2.05, 4.69) is 39.4 Å². The Labute approximate surface area is 133 Å². The number of hydrogen-bond acceptors (Lipinski definition) is 5. The van der Waals surface area contributed by atoms with Gasteiger partial charge in [-0.2, -0.15) is 0 Å². The zero-order valence-corrected chi connectivity index (χ0v) is 14.3. The summed E-state index contributed by atoms with van der Waals surface area (Å²) in [5.74, 6) is 0.801. The number of nitrogens with zero attached hydrogens (tertiary/aromatic N) is 3. The van der Waals surface area contributed by atoms with Gasteiger partial charge in [0.15, 0.2) is 5.96 Å². The first kappa shape index (κ1) is 15.9. The molecule has 21 heavy (non-hydrogen) atoms. The highest BCUT2D eigenvalue weighted by atomic mass is 32.1. The van der Waals surface area contributed by atoms with Crippen LogP contribution in [0.15, 0.2) is 17.4 Å². The molecule has 2 aromatic heterocycles.